The van der Waals surface area contributed by atoms with Crippen molar-refractivity contribution in [1.82, 2.24) is 0 Å². The van der Waals surface area contributed by atoms with Crippen LogP contribution in [0.3, 0.4) is 0 Å². The van der Waals surface area contributed by atoms with Crippen molar-refractivity contribution < 1.29 is 28.8 Å². The Bertz CT molecular complexity index is 844. The monoisotopic (exact) mass is 358 g/mol. The van der Waals surface area contributed by atoms with Gasteiger partial charge in [0.2, 0.25) is 12.6 Å². The van der Waals surface area contributed by atoms with Crippen LogP contribution in [0.2, 0.25) is 0 Å². The third-order valence-electron chi connectivity index (χ3n) is 5.27. The smallest absolute Gasteiger partial charge is 0.231 e. The summed E-state index contributed by atoms with van der Waals surface area (Å²) in [5.41, 5.74) is 1.84. The summed E-state index contributed by atoms with van der Waals surface area (Å²) in [6.07, 6.45) is 0. The first-order valence-corrected chi connectivity index (χ1v) is 8.51. The second-order valence-electron chi connectivity index (χ2n) is 6.77. The maximum absolute atomic E-state index is 10.9. The fourth-order valence-electron chi connectivity index (χ4n) is 3.68. The van der Waals surface area contributed by atoms with Crippen LogP contribution < -0.4 is 23.7 Å². The number of hydrogen-bond donors (Lipinski definition) is 1. The van der Waals surface area contributed by atoms with Gasteiger partial charge < -0.3 is 28.8 Å². The Morgan fingerprint density at radius 1 is 1.00 bits per heavy atom. The minimum Gasteiger partial charge on any atom is -0.497 e. The second kappa shape index (κ2) is 5.99. The summed E-state index contributed by atoms with van der Waals surface area (Å²) in [4.78, 5) is 0. The molecule has 0 aromatic heterocycles. The highest BCUT2D eigenvalue weighted by molar-refractivity contribution is 5.58. The van der Waals surface area contributed by atoms with Crippen molar-refractivity contribution in [2.75, 3.05) is 21.0 Å². The summed E-state index contributed by atoms with van der Waals surface area (Å²) in [5, 5.41) is 10.9. The lowest BCUT2D eigenvalue weighted by atomic mass is 9.75. The number of benzene rings is 2. The maximum atomic E-state index is 10.9. The van der Waals surface area contributed by atoms with E-state index >= 15 is 0 Å². The van der Waals surface area contributed by atoms with Crippen molar-refractivity contribution in [1.29, 1.82) is 0 Å². The number of ether oxygens (including phenoxy) is 5. The van der Waals surface area contributed by atoms with Crippen molar-refractivity contribution >= 4 is 0 Å². The lowest BCUT2D eigenvalue weighted by Gasteiger charge is -2.42. The summed E-state index contributed by atoms with van der Waals surface area (Å²) < 4.78 is 27.9. The molecule has 0 aliphatic carbocycles. The Morgan fingerprint density at radius 2 is 1.73 bits per heavy atom. The highest BCUT2D eigenvalue weighted by atomic mass is 16.7. The highest BCUT2D eigenvalue weighted by Crippen LogP contribution is 2.53. The van der Waals surface area contributed by atoms with Crippen molar-refractivity contribution in [2.45, 2.75) is 25.6 Å². The molecular weight excluding hydrogens is 336 g/mol. The van der Waals surface area contributed by atoms with E-state index in [0.29, 0.717) is 17.2 Å². The summed E-state index contributed by atoms with van der Waals surface area (Å²) >= 11 is 0. The molecule has 0 fully saturated rings. The maximum Gasteiger partial charge on any atom is 0.231 e. The fourth-order valence-corrected chi connectivity index (χ4v) is 3.68. The van der Waals surface area contributed by atoms with E-state index in [1.165, 1.54) is 0 Å². The zero-order valence-corrected chi connectivity index (χ0v) is 15.2. The van der Waals surface area contributed by atoms with Gasteiger partial charge in [-0.15, -0.1) is 0 Å². The molecule has 2 aliphatic heterocycles. The van der Waals surface area contributed by atoms with Crippen LogP contribution in [0.5, 0.6) is 28.7 Å². The van der Waals surface area contributed by atoms with Gasteiger partial charge in [-0.2, -0.15) is 0 Å². The van der Waals surface area contributed by atoms with Crippen LogP contribution in [0, 0.1) is 5.92 Å². The molecule has 26 heavy (non-hydrogen) atoms. The minimum atomic E-state index is -1.35. The van der Waals surface area contributed by atoms with Crippen LogP contribution >= 0.6 is 0 Å². The molecule has 2 heterocycles. The number of aliphatic hydroxyl groups is 1. The normalized spacial score (nSPS) is 26.0. The average molecular weight is 358 g/mol. The highest BCUT2D eigenvalue weighted by Gasteiger charge is 2.45. The summed E-state index contributed by atoms with van der Waals surface area (Å²) in [6.45, 7) is 3.80. The number of fused-ring (bicyclic) bond motifs is 2. The van der Waals surface area contributed by atoms with Gasteiger partial charge in [-0.25, -0.2) is 0 Å². The van der Waals surface area contributed by atoms with Gasteiger partial charge in [0, 0.05) is 36.0 Å². The Labute approximate surface area is 152 Å². The molecule has 6 nitrogen and oxygen atoms in total. The van der Waals surface area contributed by atoms with E-state index in [1.807, 2.05) is 31.2 Å². The molecule has 0 saturated heterocycles. The van der Waals surface area contributed by atoms with Crippen molar-refractivity contribution in [3.05, 3.63) is 41.5 Å². The first kappa shape index (κ1) is 16.8. The molecule has 0 spiro atoms. The first-order chi connectivity index (χ1) is 12.4. The van der Waals surface area contributed by atoms with Crippen LogP contribution in [-0.2, 0) is 0 Å². The minimum absolute atomic E-state index is 0.173. The Hall–Kier alpha value is -2.60. The molecular formula is C20H22O6. The molecule has 0 bridgehead atoms. The lowest BCUT2D eigenvalue weighted by molar-refractivity contribution is -0.171. The lowest BCUT2D eigenvalue weighted by Crippen LogP contribution is -2.45. The molecule has 0 amide bonds. The average Bonchev–Trinajstić information content (AvgIpc) is 3.08. The van der Waals surface area contributed by atoms with E-state index in [0.717, 1.165) is 22.6 Å². The zero-order chi connectivity index (χ0) is 18.5. The molecule has 2 aromatic carbocycles. The molecule has 0 saturated carbocycles. The van der Waals surface area contributed by atoms with E-state index in [2.05, 4.69) is 0 Å². The molecule has 138 valence electrons. The van der Waals surface area contributed by atoms with Gasteiger partial charge in [0.25, 0.3) is 0 Å². The Morgan fingerprint density at radius 3 is 2.42 bits per heavy atom. The molecule has 3 atom stereocenters. The number of methoxy groups -OCH3 is 2. The van der Waals surface area contributed by atoms with E-state index < -0.39 is 5.79 Å². The SMILES string of the molecule is COc1ccc(OC)c([C@H]2c3cc4c(cc3O[C@@](C)(O)[C@@H]2C)OCO4)c1. The van der Waals surface area contributed by atoms with Crippen LogP contribution in [0.15, 0.2) is 30.3 Å². The molecule has 2 aliphatic rings. The zero-order valence-electron chi connectivity index (χ0n) is 15.2. The molecule has 0 unspecified atom stereocenters. The third-order valence-corrected chi connectivity index (χ3v) is 5.27. The Kier molecular flexibility index (Phi) is 3.88. The molecule has 1 N–H and O–H groups in total. The Balaban J connectivity index is 1.93. The molecule has 2 aromatic rings. The van der Waals surface area contributed by atoms with Crippen molar-refractivity contribution in [3.63, 3.8) is 0 Å². The van der Waals surface area contributed by atoms with Gasteiger partial charge in [0.1, 0.15) is 17.2 Å². The predicted octanol–water partition coefficient (Wildman–Crippen LogP) is 3.30. The molecule has 4 rings (SSSR count). The predicted molar refractivity (Wildman–Crippen MR) is 94.4 cm³/mol. The van der Waals surface area contributed by atoms with Gasteiger partial charge in [0.15, 0.2) is 11.5 Å². The van der Waals surface area contributed by atoms with Gasteiger partial charge in [-0.1, -0.05) is 6.92 Å². The number of hydrogen-bond acceptors (Lipinski definition) is 6. The van der Waals surface area contributed by atoms with Crippen LogP contribution in [0.4, 0.5) is 0 Å². The van der Waals surface area contributed by atoms with Crippen molar-refractivity contribution in [3.8, 4) is 28.7 Å². The summed E-state index contributed by atoms with van der Waals surface area (Å²) in [5.74, 6) is 1.56. The van der Waals surface area contributed by atoms with E-state index in [9.17, 15) is 5.11 Å². The van der Waals surface area contributed by atoms with E-state index in [-0.39, 0.29) is 18.6 Å². The summed E-state index contributed by atoms with van der Waals surface area (Å²) in [7, 11) is 3.26. The molecule has 0 radical (unpaired) electrons. The topological polar surface area (TPSA) is 66.4 Å². The van der Waals surface area contributed by atoms with Gasteiger partial charge in [-0.3, -0.25) is 0 Å². The van der Waals surface area contributed by atoms with E-state index in [1.54, 1.807) is 27.2 Å². The van der Waals surface area contributed by atoms with Crippen LogP contribution in [0.25, 0.3) is 0 Å². The summed E-state index contributed by atoms with van der Waals surface area (Å²) in [6, 6.07) is 9.36. The third kappa shape index (κ3) is 2.52. The van der Waals surface area contributed by atoms with Crippen LogP contribution in [0.1, 0.15) is 30.9 Å². The second-order valence-corrected chi connectivity index (χ2v) is 6.77. The fraction of sp³-hybridized carbons (Fsp3) is 0.400. The van der Waals surface area contributed by atoms with Gasteiger partial charge in [0.05, 0.1) is 14.2 Å². The standard InChI is InChI=1S/C20H22O6/c1-11-19(13-7-12(22-3)5-6-15(13)23-4)14-8-17-18(25-10-24-17)9-16(14)26-20(11,2)21/h5-9,11,19,21H,10H2,1-4H3/t11-,19+,20-/m1/s1. The number of rotatable bonds is 3. The van der Waals surface area contributed by atoms with Crippen LogP contribution in [-0.4, -0.2) is 31.9 Å². The van der Waals surface area contributed by atoms with E-state index in [4.69, 9.17) is 23.7 Å². The quantitative estimate of drug-likeness (QED) is 0.908. The van der Waals surface area contributed by atoms with Gasteiger partial charge >= 0.3 is 0 Å². The largest absolute Gasteiger partial charge is 0.497 e. The van der Waals surface area contributed by atoms with Gasteiger partial charge in [-0.05, 0) is 24.3 Å². The molecule has 6 heteroatoms. The van der Waals surface area contributed by atoms with Crippen molar-refractivity contribution in [2.24, 2.45) is 5.92 Å². The first-order valence-electron chi connectivity index (χ1n) is 8.51.